The number of hydrogen-bond acceptors (Lipinski definition) is 2. The van der Waals surface area contributed by atoms with E-state index in [0.29, 0.717) is 11.5 Å². The van der Waals surface area contributed by atoms with Crippen molar-refractivity contribution < 1.29 is 0 Å². The average Bonchev–Trinajstić information content (AvgIpc) is 2.47. The average molecular weight is 258 g/mol. The van der Waals surface area contributed by atoms with Crippen LogP contribution in [0.2, 0.25) is 0 Å². The van der Waals surface area contributed by atoms with Gasteiger partial charge in [0, 0.05) is 18.3 Å². The minimum Gasteiger partial charge on any atom is -0.383 e. The van der Waals surface area contributed by atoms with Crippen LogP contribution >= 0.6 is 0 Å². The molecule has 0 saturated carbocycles. The van der Waals surface area contributed by atoms with Crippen LogP contribution in [-0.4, -0.2) is 30.6 Å². The fourth-order valence-corrected chi connectivity index (χ4v) is 3.47. The number of likely N-dealkylation sites (tertiary alicyclic amines) is 1. The number of benzene rings is 1. The second-order valence-electron chi connectivity index (χ2n) is 6.60. The lowest BCUT2D eigenvalue weighted by Crippen LogP contribution is -2.49. The van der Waals surface area contributed by atoms with E-state index >= 15 is 0 Å². The smallest absolute Gasteiger partial charge is 0.0373 e. The largest absolute Gasteiger partial charge is 0.383 e. The molecule has 2 nitrogen and oxygen atoms in total. The van der Waals surface area contributed by atoms with Gasteiger partial charge < -0.3 is 5.32 Å². The number of rotatable bonds is 2. The Kier molecular flexibility index (Phi) is 3.53. The summed E-state index contributed by atoms with van der Waals surface area (Å²) in [4.78, 5) is 2.71. The fraction of sp³-hybridized carbons (Fsp3) is 0.647. The fourth-order valence-electron chi connectivity index (χ4n) is 3.47. The Morgan fingerprint density at radius 1 is 1.26 bits per heavy atom. The van der Waals surface area contributed by atoms with Crippen molar-refractivity contribution in [2.24, 2.45) is 5.41 Å². The molecule has 0 bridgehead atoms. The molecular formula is C17H26N2. The number of fused-ring (bicyclic) bond motifs is 1. The molecule has 1 atom stereocenters. The van der Waals surface area contributed by atoms with Gasteiger partial charge in [-0.25, -0.2) is 0 Å². The van der Waals surface area contributed by atoms with Gasteiger partial charge in [-0.15, -0.1) is 0 Å². The van der Waals surface area contributed by atoms with Gasteiger partial charge in [0.25, 0.3) is 0 Å². The first-order valence-corrected chi connectivity index (χ1v) is 7.76. The molecule has 3 rings (SSSR count). The molecule has 1 N–H and O–H groups in total. The summed E-state index contributed by atoms with van der Waals surface area (Å²) in [5.74, 6) is 0. The van der Waals surface area contributed by atoms with Crippen LogP contribution in [0.4, 0.5) is 5.69 Å². The monoisotopic (exact) mass is 258 g/mol. The third-order valence-electron chi connectivity index (χ3n) is 5.38. The molecule has 2 aliphatic rings. The third-order valence-corrected chi connectivity index (χ3v) is 5.38. The number of piperidine rings is 1. The van der Waals surface area contributed by atoms with Crippen molar-refractivity contribution in [1.29, 1.82) is 0 Å². The Labute approximate surface area is 117 Å². The summed E-state index contributed by atoms with van der Waals surface area (Å²) < 4.78 is 0. The topological polar surface area (TPSA) is 15.3 Å². The van der Waals surface area contributed by atoms with Crippen molar-refractivity contribution in [2.75, 3.05) is 25.0 Å². The number of nitrogens with one attached hydrogen (secondary N) is 1. The van der Waals surface area contributed by atoms with Gasteiger partial charge in [0.1, 0.15) is 0 Å². The summed E-state index contributed by atoms with van der Waals surface area (Å²) in [6, 6.07) is 9.45. The molecule has 0 aromatic heterocycles. The van der Waals surface area contributed by atoms with Crippen molar-refractivity contribution >= 4 is 5.69 Å². The maximum Gasteiger partial charge on any atom is 0.0373 e. The molecule has 1 saturated heterocycles. The van der Waals surface area contributed by atoms with E-state index in [4.69, 9.17) is 0 Å². The van der Waals surface area contributed by atoms with Crippen LogP contribution < -0.4 is 5.32 Å². The van der Waals surface area contributed by atoms with Crippen LogP contribution in [-0.2, 0) is 6.42 Å². The van der Waals surface area contributed by atoms with Gasteiger partial charge in [0.15, 0.2) is 0 Å². The predicted octanol–water partition coefficient (Wildman–Crippen LogP) is 3.54. The van der Waals surface area contributed by atoms with Crippen molar-refractivity contribution in [3.63, 3.8) is 0 Å². The number of nitrogens with zero attached hydrogens (tertiary/aromatic N) is 1. The highest BCUT2D eigenvalue weighted by atomic mass is 15.2. The number of hydrogen-bond donors (Lipinski definition) is 1. The summed E-state index contributed by atoms with van der Waals surface area (Å²) in [7, 11) is 0. The summed E-state index contributed by atoms with van der Waals surface area (Å²) >= 11 is 0. The highest BCUT2D eigenvalue weighted by Gasteiger charge is 2.32. The van der Waals surface area contributed by atoms with Gasteiger partial charge in [0.05, 0.1) is 0 Å². The second kappa shape index (κ2) is 5.16. The Hall–Kier alpha value is -1.02. The van der Waals surface area contributed by atoms with Crippen LogP contribution in [0.5, 0.6) is 0 Å². The first-order valence-electron chi connectivity index (χ1n) is 7.76. The van der Waals surface area contributed by atoms with Crippen LogP contribution in [0.1, 0.15) is 38.7 Å². The molecule has 0 aliphatic carbocycles. The summed E-state index contributed by atoms with van der Waals surface area (Å²) in [6.07, 6.45) is 5.27. The van der Waals surface area contributed by atoms with E-state index in [1.807, 2.05) is 0 Å². The van der Waals surface area contributed by atoms with Gasteiger partial charge in [-0.1, -0.05) is 38.5 Å². The Balaban J connectivity index is 1.64. The minimum absolute atomic E-state index is 0.594. The van der Waals surface area contributed by atoms with Gasteiger partial charge in [-0.3, -0.25) is 4.90 Å². The molecule has 1 fully saturated rings. The molecule has 1 aromatic carbocycles. The summed E-state index contributed by atoms with van der Waals surface area (Å²) in [5, 5.41) is 3.60. The quantitative estimate of drug-likeness (QED) is 0.873. The van der Waals surface area contributed by atoms with Crippen molar-refractivity contribution in [1.82, 2.24) is 4.90 Å². The molecule has 2 aliphatic heterocycles. The molecule has 0 radical (unpaired) electrons. The zero-order valence-corrected chi connectivity index (χ0v) is 12.3. The summed E-state index contributed by atoms with van der Waals surface area (Å²) in [5.41, 5.74) is 3.42. The Morgan fingerprint density at radius 3 is 2.74 bits per heavy atom. The maximum atomic E-state index is 3.60. The first kappa shape index (κ1) is 13.0. The van der Waals surface area contributed by atoms with Crippen molar-refractivity contribution in [3.05, 3.63) is 29.8 Å². The molecular weight excluding hydrogens is 232 g/mol. The normalized spacial score (nSPS) is 26.5. The third kappa shape index (κ3) is 2.64. The highest BCUT2D eigenvalue weighted by Crippen LogP contribution is 2.35. The van der Waals surface area contributed by atoms with Crippen LogP contribution in [0, 0.1) is 5.41 Å². The molecule has 19 heavy (non-hydrogen) atoms. The standard InChI is InChI=1S/C17H26N2/c1-3-17(2)8-10-19(11-9-17)15-12-14-6-4-5-7-16(14)18-13-15/h4-7,15,18H,3,8-13H2,1-2H3. The summed E-state index contributed by atoms with van der Waals surface area (Å²) in [6.45, 7) is 8.46. The van der Waals surface area contributed by atoms with E-state index in [1.165, 1.54) is 50.0 Å². The Bertz CT molecular complexity index is 433. The zero-order chi connectivity index (χ0) is 13.3. The molecule has 2 heterocycles. The molecule has 1 unspecified atom stereocenters. The van der Waals surface area contributed by atoms with Crippen LogP contribution in [0.15, 0.2) is 24.3 Å². The van der Waals surface area contributed by atoms with Gasteiger partial charge in [-0.2, -0.15) is 0 Å². The minimum atomic E-state index is 0.594. The van der Waals surface area contributed by atoms with Gasteiger partial charge in [-0.05, 0) is 49.4 Å². The van der Waals surface area contributed by atoms with E-state index in [2.05, 4.69) is 48.3 Å². The molecule has 1 aromatic rings. The Morgan fingerprint density at radius 2 is 2.00 bits per heavy atom. The molecule has 0 amide bonds. The lowest BCUT2D eigenvalue weighted by molar-refractivity contribution is 0.0834. The van der Waals surface area contributed by atoms with E-state index in [9.17, 15) is 0 Å². The SMILES string of the molecule is CCC1(C)CCN(C2CNc3ccccc3C2)CC1. The van der Waals surface area contributed by atoms with E-state index < -0.39 is 0 Å². The lowest BCUT2D eigenvalue weighted by atomic mass is 9.77. The zero-order valence-electron chi connectivity index (χ0n) is 12.3. The lowest BCUT2D eigenvalue weighted by Gasteiger charge is -2.44. The molecule has 104 valence electrons. The second-order valence-corrected chi connectivity index (χ2v) is 6.60. The van der Waals surface area contributed by atoms with Crippen LogP contribution in [0.25, 0.3) is 0 Å². The number of para-hydroxylation sites is 1. The van der Waals surface area contributed by atoms with Gasteiger partial charge >= 0.3 is 0 Å². The predicted molar refractivity (Wildman–Crippen MR) is 81.6 cm³/mol. The van der Waals surface area contributed by atoms with Crippen LogP contribution in [0.3, 0.4) is 0 Å². The maximum absolute atomic E-state index is 3.60. The highest BCUT2D eigenvalue weighted by molar-refractivity contribution is 5.53. The van der Waals surface area contributed by atoms with E-state index in [0.717, 1.165) is 6.54 Å². The van der Waals surface area contributed by atoms with E-state index in [1.54, 1.807) is 0 Å². The number of anilines is 1. The molecule has 0 spiro atoms. The van der Waals surface area contributed by atoms with Crippen molar-refractivity contribution in [3.8, 4) is 0 Å². The molecule has 2 heteroatoms. The van der Waals surface area contributed by atoms with Crippen molar-refractivity contribution in [2.45, 2.75) is 45.6 Å². The first-order chi connectivity index (χ1) is 9.20. The van der Waals surface area contributed by atoms with E-state index in [-0.39, 0.29) is 0 Å². The van der Waals surface area contributed by atoms with Gasteiger partial charge in [0.2, 0.25) is 0 Å².